The van der Waals surface area contributed by atoms with Crippen LogP contribution in [-0.4, -0.2) is 12.4 Å². The Morgan fingerprint density at radius 2 is 2.00 bits per heavy atom. The molecule has 0 radical (unpaired) electrons. The Hall–Kier alpha value is -1.83. The van der Waals surface area contributed by atoms with Gasteiger partial charge in [-0.2, -0.15) is 0 Å². The van der Waals surface area contributed by atoms with Crippen molar-refractivity contribution in [2.75, 3.05) is 5.32 Å². The molecule has 16 heavy (non-hydrogen) atoms. The smallest absolute Gasteiger partial charge is 0.404 e. The lowest BCUT2D eigenvalue weighted by molar-refractivity contribution is -0.274. The second-order valence-electron chi connectivity index (χ2n) is 3.08. The lowest BCUT2D eigenvalue weighted by Crippen LogP contribution is -2.19. The van der Waals surface area contributed by atoms with Crippen molar-refractivity contribution in [3.8, 4) is 18.1 Å². The zero-order valence-corrected chi connectivity index (χ0v) is 8.51. The summed E-state index contributed by atoms with van der Waals surface area (Å²) in [7, 11) is 0. The Labute approximate surface area is 91.4 Å². The van der Waals surface area contributed by atoms with Gasteiger partial charge < -0.3 is 10.1 Å². The Bertz CT molecular complexity index is 395. The van der Waals surface area contributed by atoms with Crippen molar-refractivity contribution in [3.63, 3.8) is 0 Å². The fraction of sp³-hybridized carbons (Fsp3) is 0.273. The fourth-order valence-corrected chi connectivity index (χ4v) is 1.07. The molecule has 0 aromatic heterocycles. The van der Waals surface area contributed by atoms with Gasteiger partial charge in [0.2, 0.25) is 0 Å². The Morgan fingerprint density at radius 1 is 1.38 bits per heavy atom. The first-order valence-electron chi connectivity index (χ1n) is 4.50. The SMILES string of the molecule is C#CC(C)Nc1ccccc1OC(F)(F)F. The molecule has 86 valence electrons. The van der Waals surface area contributed by atoms with Gasteiger partial charge in [-0.3, -0.25) is 0 Å². The number of hydrogen-bond acceptors (Lipinski definition) is 2. The van der Waals surface area contributed by atoms with Crippen LogP contribution in [0.4, 0.5) is 18.9 Å². The van der Waals surface area contributed by atoms with E-state index < -0.39 is 6.36 Å². The third-order valence-corrected chi connectivity index (χ3v) is 1.73. The summed E-state index contributed by atoms with van der Waals surface area (Å²) in [4.78, 5) is 0. The summed E-state index contributed by atoms with van der Waals surface area (Å²) in [5.41, 5.74) is 0.213. The zero-order chi connectivity index (χ0) is 12.2. The largest absolute Gasteiger partial charge is 0.573 e. The highest BCUT2D eigenvalue weighted by Crippen LogP contribution is 2.30. The summed E-state index contributed by atoms with van der Waals surface area (Å²) in [6.45, 7) is 1.66. The molecule has 0 saturated carbocycles. The van der Waals surface area contributed by atoms with E-state index in [2.05, 4.69) is 16.0 Å². The molecule has 5 heteroatoms. The molecule has 1 atom stereocenters. The first kappa shape index (κ1) is 12.2. The maximum Gasteiger partial charge on any atom is 0.573 e. The van der Waals surface area contributed by atoms with Gasteiger partial charge >= 0.3 is 6.36 Å². The molecule has 1 unspecified atom stereocenters. The molecule has 0 heterocycles. The molecule has 1 rings (SSSR count). The monoisotopic (exact) mass is 229 g/mol. The van der Waals surface area contributed by atoms with Crippen LogP contribution in [-0.2, 0) is 0 Å². The predicted octanol–water partition coefficient (Wildman–Crippen LogP) is 3.02. The lowest BCUT2D eigenvalue weighted by atomic mass is 10.2. The summed E-state index contributed by atoms with van der Waals surface area (Å²) in [5.74, 6) is 2.06. The van der Waals surface area contributed by atoms with Crippen LogP contribution < -0.4 is 10.1 Å². The number of nitrogens with one attached hydrogen (secondary N) is 1. The topological polar surface area (TPSA) is 21.3 Å². The normalized spacial score (nSPS) is 12.7. The molecule has 0 amide bonds. The van der Waals surface area contributed by atoms with Gasteiger partial charge in [0, 0.05) is 0 Å². The Balaban J connectivity index is 2.88. The van der Waals surface area contributed by atoms with E-state index in [1.807, 2.05) is 0 Å². The predicted molar refractivity (Wildman–Crippen MR) is 55.0 cm³/mol. The number of benzene rings is 1. The average molecular weight is 229 g/mol. The molecule has 0 saturated heterocycles. The van der Waals surface area contributed by atoms with Crippen molar-refractivity contribution in [1.29, 1.82) is 0 Å². The van der Waals surface area contributed by atoms with Crippen molar-refractivity contribution in [3.05, 3.63) is 24.3 Å². The van der Waals surface area contributed by atoms with Gasteiger partial charge in [0.05, 0.1) is 11.7 Å². The lowest BCUT2D eigenvalue weighted by Gasteiger charge is -2.15. The molecule has 0 aliphatic heterocycles. The third kappa shape index (κ3) is 3.73. The van der Waals surface area contributed by atoms with Crippen LogP contribution in [0.2, 0.25) is 0 Å². The van der Waals surface area contributed by atoms with Gasteiger partial charge in [0.1, 0.15) is 0 Å². The first-order chi connectivity index (χ1) is 7.42. The van der Waals surface area contributed by atoms with E-state index in [4.69, 9.17) is 6.42 Å². The summed E-state index contributed by atoms with van der Waals surface area (Å²) in [5, 5.41) is 2.72. The van der Waals surface area contributed by atoms with Gasteiger partial charge in [0.15, 0.2) is 5.75 Å². The van der Waals surface area contributed by atoms with E-state index in [1.165, 1.54) is 18.2 Å². The summed E-state index contributed by atoms with van der Waals surface area (Å²) < 4.78 is 40.0. The van der Waals surface area contributed by atoms with Crippen LogP contribution in [0.5, 0.6) is 5.75 Å². The van der Waals surface area contributed by atoms with Crippen LogP contribution in [0.15, 0.2) is 24.3 Å². The number of rotatable bonds is 3. The highest BCUT2D eigenvalue weighted by atomic mass is 19.4. The second kappa shape index (κ2) is 4.79. The minimum absolute atomic E-state index is 0.213. The average Bonchev–Trinajstić information content (AvgIpc) is 2.18. The van der Waals surface area contributed by atoms with Gasteiger partial charge in [-0.1, -0.05) is 18.1 Å². The van der Waals surface area contributed by atoms with E-state index in [0.717, 1.165) is 0 Å². The zero-order valence-electron chi connectivity index (χ0n) is 8.51. The molecule has 0 aliphatic carbocycles. The summed E-state index contributed by atoms with van der Waals surface area (Å²) >= 11 is 0. The summed E-state index contributed by atoms with van der Waals surface area (Å²) in [6.07, 6.45) is 0.411. The van der Waals surface area contributed by atoms with E-state index in [1.54, 1.807) is 13.0 Å². The molecule has 0 aliphatic rings. The third-order valence-electron chi connectivity index (χ3n) is 1.73. The van der Waals surface area contributed by atoms with Crippen molar-refractivity contribution in [1.82, 2.24) is 0 Å². The Morgan fingerprint density at radius 3 is 2.56 bits per heavy atom. The summed E-state index contributed by atoms with van der Waals surface area (Å²) in [6, 6.07) is 5.35. The van der Waals surface area contributed by atoms with E-state index in [0.29, 0.717) is 0 Å². The van der Waals surface area contributed by atoms with Gasteiger partial charge in [-0.15, -0.1) is 19.6 Å². The quantitative estimate of drug-likeness (QED) is 0.804. The van der Waals surface area contributed by atoms with Crippen LogP contribution in [0.3, 0.4) is 0 Å². The van der Waals surface area contributed by atoms with Crippen LogP contribution in [0.25, 0.3) is 0 Å². The molecule has 0 fully saturated rings. The number of para-hydroxylation sites is 2. The number of anilines is 1. The maximum atomic E-state index is 12.1. The molecule has 1 N–H and O–H groups in total. The van der Waals surface area contributed by atoms with E-state index in [-0.39, 0.29) is 17.5 Å². The molecule has 0 spiro atoms. The molecular weight excluding hydrogens is 219 g/mol. The van der Waals surface area contributed by atoms with Crippen molar-refractivity contribution < 1.29 is 17.9 Å². The Kier molecular flexibility index (Phi) is 3.67. The van der Waals surface area contributed by atoms with Crippen LogP contribution in [0, 0.1) is 12.3 Å². The highest BCUT2D eigenvalue weighted by Gasteiger charge is 2.32. The minimum atomic E-state index is -4.71. The van der Waals surface area contributed by atoms with E-state index in [9.17, 15) is 13.2 Å². The fourth-order valence-electron chi connectivity index (χ4n) is 1.07. The number of ether oxygens (including phenoxy) is 1. The molecule has 0 bridgehead atoms. The van der Waals surface area contributed by atoms with E-state index >= 15 is 0 Å². The number of halogens is 3. The van der Waals surface area contributed by atoms with Crippen molar-refractivity contribution in [2.45, 2.75) is 19.3 Å². The highest BCUT2D eigenvalue weighted by molar-refractivity contribution is 5.57. The van der Waals surface area contributed by atoms with Crippen molar-refractivity contribution >= 4 is 5.69 Å². The molecule has 1 aromatic carbocycles. The van der Waals surface area contributed by atoms with Gasteiger partial charge in [-0.05, 0) is 19.1 Å². The standard InChI is InChI=1S/C11H10F3NO/c1-3-8(2)15-9-6-4-5-7-10(9)16-11(12,13)14/h1,4-8,15H,2H3. The molecule has 2 nitrogen and oxygen atoms in total. The number of terminal acetylenes is 1. The van der Waals surface area contributed by atoms with Gasteiger partial charge in [0.25, 0.3) is 0 Å². The van der Waals surface area contributed by atoms with Crippen LogP contribution in [0.1, 0.15) is 6.92 Å². The maximum absolute atomic E-state index is 12.1. The van der Waals surface area contributed by atoms with Crippen LogP contribution >= 0.6 is 0 Å². The van der Waals surface area contributed by atoms with Crippen molar-refractivity contribution in [2.24, 2.45) is 0 Å². The minimum Gasteiger partial charge on any atom is -0.404 e. The van der Waals surface area contributed by atoms with Gasteiger partial charge in [-0.25, -0.2) is 0 Å². The first-order valence-corrected chi connectivity index (χ1v) is 4.50. The molecule has 1 aromatic rings. The molecular formula is C11H10F3NO. The number of alkyl halides is 3. The second-order valence-corrected chi connectivity index (χ2v) is 3.08. The number of hydrogen-bond donors (Lipinski definition) is 1.